The van der Waals surface area contributed by atoms with Gasteiger partial charge in [-0.15, -0.1) is 0 Å². The predicted octanol–water partition coefficient (Wildman–Crippen LogP) is -1.31. The molecule has 0 bridgehead atoms. The van der Waals surface area contributed by atoms with Gasteiger partial charge in [0.25, 0.3) is 0 Å². The smallest absolute Gasteiger partial charge is 0.194 e. The van der Waals surface area contributed by atoms with Crippen molar-refractivity contribution >= 4 is 0 Å². The number of nitrogens with zero attached hydrogens (tertiary/aromatic N) is 4. The molecule has 0 saturated heterocycles. The summed E-state index contributed by atoms with van der Waals surface area (Å²) in [5.74, 6) is 0. The van der Waals surface area contributed by atoms with E-state index in [1.54, 1.807) is 12.4 Å². The summed E-state index contributed by atoms with van der Waals surface area (Å²) in [5, 5.41) is 0. The van der Waals surface area contributed by atoms with E-state index in [0.717, 1.165) is 0 Å². The van der Waals surface area contributed by atoms with Crippen LogP contribution in [0.4, 0.5) is 0 Å². The van der Waals surface area contributed by atoms with Crippen LogP contribution in [0.1, 0.15) is 0 Å². The predicted molar refractivity (Wildman–Crippen MR) is 29.2 cm³/mol. The van der Waals surface area contributed by atoms with Gasteiger partial charge in [0.2, 0.25) is 0 Å². The van der Waals surface area contributed by atoms with Crippen LogP contribution in [-0.4, -0.2) is 16.6 Å². The summed E-state index contributed by atoms with van der Waals surface area (Å²) in [6, 6.07) is 0. The van der Waals surface area contributed by atoms with Crippen LogP contribution in [0.3, 0.4) is 0 Å². The number of hydrogen-bond donors (Lipinski definition) is 0. The normalized spacial score (nSPS) is 12.4. The molecule has 0 radical (unpaired) electrons. The Morgan fingerprint density at radius 1 is 1.00 bits per heavy atom. The molecule has 1 aromatic heterocycles. The molecule has 1 aromatic rings. The van der Waals surface area contributed by atoms with Gasteiger partial charge in [0.1, 0.15) is 6.67 Å². The maximum absolute atomic E-state index is 3.96. The van der Waals surface area contributed by atoms with Gasteiger partial charge < -0.3 is 0 Å². The number of aromatic nitrogens is 2. The van der Waals surface area contributed by atoms with Crippen molar-refractivity contribution in [3.63, 3.8) is 0 Å². The van der Waals surface area contributed by atoms with Crippen molar-refractivity contribution in [2.75, 3.05) is 6.67 Å². The molecule has 0 saturated carbocycles. The van der Waals surface area contributed by atoms with Crippen LogP contribution in [0.5, 0.6) is 0 Å². The standard InChI is InChI=1S/C5H4N4.Ar/c1-2-7-5-4(6-1)8-3-9-5;/h1-2H,3H2;. The summed E-state index contributed by atoms with van der Waals surface area (Å²) in [6.07, 6.45) is 3.23. The van der Waals surface area contributed by atoms with Gasteiger partial charge in [-0.05, 0) is 0 Å². The van der Waals surface area contributed by atoms with Gasteiger partial charge in [0.05, 0.1) is 0 Å². The first-order chi connectivity index (χ1) is 4.47. The molecule has 0 N–H and O–H groups in total. The van der Waals surface area contributed by atoms with Crippen molar-refractivity contribution in [2.24, 2.45) is 9.98 Å². The molecule has 0 aromatic carbocycles. The largest absolute Gasteiger partial charge is 0.240 e. The summed E-state index contributed by atoms with van der Waals surface area (Å²) in [6.45, 7) is 0.485. The molecular weight excluding hydrogens is 156 g/mol. The zero-order chi connectivity index (χ0) is 6.10. The molecule has 0 amide bonds. The van der Waals surface area contributed by atoms with Crippen LogP contribution >= 0.6 is 0 Å². The second-order valence-electron chi connectivity index (χ2n) is 1.66. The molecule has 0 fully saturated rings. The molecule has 52 valence electrons. The molecule has 2 heterocycles. The van der Waals surface area contributed by atoms with E-state index in [1.807, 2.05) is 0 Å². The zero-order valence-corrected chi connectivity index (χ0v) is 5.71. The molecule has 5 heteroatoms. The van der Waals surface area contributed by atoms with Gasteiger partial charge >= 0.3 is 0 Å². The minimum absolute atomic E-state index is 0. The van der Waals surface area contributed by atoms with E-state index in [0.29, 0.717) is 17.6 Å². The molecule has 0 unspecified atom stereocenters. The Bertz CT molecular complexity index is 301. The van der Waals surface area contributed by atoms with E-state index in [4.69, 9.17) is 0 Å². The minimum atomic E-state index is 0. The Labute approximate surface area is 87.1 Å². The van der Waals surface area contributed by atoms with Crippen molar-refractivity contribution in [2.45, 2.75) is 0 Å². The van der Waals surface area contributed by atoms with Crippen LogP contribution in [0.15, 0.2) is 22.4 Å². The Morgan fingerprint density at radius 3 is 2.00 bits per heavy atom. The van der Waals surface area contributed by atoms with Gasteiger partial charge in [-0.1, -0.05) is 0 Å². The molecular formula is C5H4ArN4. The van der Waals surface area contributed by atoms with E-state index in [-0.39, 0.29) is 37.7 Å². The summed E-state index contributed by atoms with van der Waals surface area (Å²) in [7, 11) is 0. The Hall–Kier alpha value is -0.0603. The quantitative estimate of drug-likeness (QED) is 0.473. The topological polar surface area (TPSA) is 50.5 Å². The molecule has 0 aliphatic carbocycles. The van der Waals surface area contributed by atoms with E-state index in [1.165, 1.54) is 0 Å². The maximum Gasteiger partial charge on any atom is 0.194 e. The minimum Gasteiger partial charge on any atom is -0.240 e. The molecule has 0 atom stereocenters. The third-order valence-electron chi connectivity index (χ3n) is 1.10. The average Bonchev–Trinajstić information content (AvgIpc) is 2.33. The van der Waals surface area contributed by atoms with Gasteiger partial charge in [-0.3, -0.25) is 0 Å². The molecule has 1 aliphatic heterocycles. The van der Waals surface area contributed by atoms with Crippen molar-refractivity contribution < 1.29 is 37.7 Å². The first kappa shape index (κ1) is 8.04. The van der Waals surface area contributed by atoms with E-state index in [9.17, 15) is 0 Å². The van der Waals surface area contributed by atoms with Gasteiger partial charge in [0.15, 0.2) is 11.0 Å². The number of hydrogen-bond acceptors (Lipinski definition) is 4. The van der Waals surface area contributed by atoms with Crippen LogP contribution in [0.25, 0.3) is 0 Å². The zero-order valence-electron chi connectivity index (χ0n) is 5.00. The number of rotatable bonds is 0. The van der Waals surface area contributed by atoms with Gasteiger partial charge in [0, 0.05) is 50.1 Å². The second kappa shape index (κ2) is 3.37. The van der Waals surface area contributed by atoms with E-state index < -0.39 is 0 Å². The second-order valence-corrected chi connectivity index (χ2v) is 1.66. The molecule has 10 heavy (non-hydrogen) atoms. The monoisotopic (exact) mass is 160 g/mol. The fourth-order valence-electron chi connectivity index (χ4n) is 0.716. The molecule has 0 spiro atoms. The van der Waals surface area contributed by atoms with Gasteiger partial charge in [-0.25, -0.2) is 20.0 Å². The molecule has 4 nitrogen and oxygen atoms in total. The van der Waals surface area contributed by atoms with Crippen molar-refractivity contribution in [3.05, 3.63) is 23.4 Å². The Kier molecular flexibility index (Phi) is 2.71. The third-order valence-corrected chi connectivity index (χ3v) is 1.10. The first-order valence-corrected chi connectivity index (χ1v) is 2.63. The average molecular weight is 160 g/mol. The fraction of sp³-hybridized carbons (Fsp3) is 0.200. The summed E-state index contributed by atoms with van der Waals surface area (Å²) in [4.78, 5) is 15.8. The molecule has 1 aliphatic rings. The summed E-state index contributed by atoms with van der Waals surface area (Å²) >= 11 is 0. The third kappa shape index (κ3) is 1.33. The fourth-order valence-corrected chi connectivity index (χ4v) is 0.716. The van der Waals surface area contributed by atoms with Gasteiger partial charge in [-0.2, -0.15) is 0 Å². The summed E-state index contributed by atoms with van der Waals surface area (Å²) < 4.78 is 0. The number of fused-ring (bicyclic) bond motifs is 1. The van der Waals surface area contributed by atoms with Crippen LogP contribution in [0, 0.1) is 37.7 Å². The van der Waals surface area contributed by atoms with E-state index >= 15 is 0 Å². The van der Waals surface area contributed by atoms with Crippen molar-refractivity contribution in [3.8, 4) is 0 Å². The maximum atomic E-state index is 3.96. The summed E-state index contributed by atoms with van der Waals surface area (Å²) in [5.41, 5.74) is 1.33. The molecule has 2 rings (SSSR count). The first-order valence-electron chi connectivity index (χ1n) is 2.63. The van der Waals surface area contributed by atoms with Crippen LogP contribution < -0.4 is 11.0 Å². The van der Waals surface area contributed by atoms with Crippen molar-refractivity contribution in [1.82, 2.24) is 9.97 Å². The Morgan fingerprint density at radius 2 is 1.50 bits per heavy atom. The van der Waals surface area contributed by atoms with Crippen LogP contribution in [-0.2, 0) is 0 Å². The van der Waals surface area contributed by atoms with Crippen LogP contribution in [0.2, 0.25) is 0 Å². The van der Waals surface area contributed by atoms with Crippen molar-refractivity contribution in [1.29, 1.82) is 0 Å². The Balaban J connectivity index is 0.000000500. The van der Waals surface area contributed by atoms with E-state index in [2.05, 4.69) is 20.0 Å². The SMILES string of the molecule is [Ar].c1cnc2c(n1)=NCN=2.